The van der Waals surface area contributed by atoms with E-state index in [1.165, 1.54) is 24.0 Å². The molecule has 1 aromatic rings. The number of nitrogens with zero attached hydrogens (tertiary/aromatic N) is 1. The summed E-state index contributed by atoms with van der Waals surface area (Å²) in [7, 11) is 0. The van der Waals surface area contributed by atoms with E-state index in [0.29, 0.717) is 12.6 Å². The Hall–Kier alpha value is -0.860. The quantitative estimate of drug-likeness (QED) is 0.812. The zero-order valence-corrected chi connectivity index (χ0v) is 13.9. The van der Waals surface area contributed by atoms with Crippen LogP contribution in [0.4, 0.5) is 0 Å². The van der Waals surface area contributed by atoms with Gasteiger partial charge in [-0.2, -0.15) is 0 Å². The first kappa shape index (κ1) is 17.2. The molecular formula is C18H32N2. The van der Waals surface area contributed by atoms with E-state index in [1.54, 1.807) is 0 Å². The average Bonchev–Trinajstić information content (AvgIpc) is 2.39. The largest absolute Gasteiger partial charge is 0.329 e. The van der Waals surface area contributed by atoms with Crippen LogP contribution in [0.5, 0.6) is 0 Å². The maximum absolute atomic E-state index is 6.05. The minimum Gasteiger partial charge on any atom is -0.329 e. The van der Waals surface area contributed by atoms with Gasteiger partial charge in [-0.15, -0.1) is 0 Å². The summed E-state index contributed by atoms with van der Waals surface area (Å²) in [6.07, 6.45) is 2.35. The molecule has 114 valence electrons. The normalized spacial score (nSPS) is 13.8. The molecule has 2 heteroatoms. The van der Waals surface area contributed by atoms with Crippen LogP contribution in [0.15, 0.2) is 24.3 Å². The molecule has 0 radical (unpaired) electrons. The van der Waals surface area contributed by atoms with Crippen LogP contribution in [0.1, 0.15) is 64.6 Å². The standard InChI is InChI=1S/C18H32N2/c1-6-12-20(13-7-2)17(14-19)15-8-10-16(11-9-15)18(3,4)5/h8-11,17H,6-7,12-14,19H2,1-5H3. The molecule has 0 spiro atoms. The number of nitrogens with two attached hydrogens (primary N) is 1. The van der Waals surface area contributed by atoms with Crippen molar-refractivity contribution >= 4 is 0 Å². The number of hydrogen-bond acceptors (Lipinski definition) is 2. The van der Waals surface area contributed by atoms with Crippen molar-refractivity contribution in [2.24, 2.45) is 5.73 Å². The van der Waals surface area contributed by atoms with Crippen molar-refractivity contribution in [2.75, 3.05) is 19.6 Å². The predicted molar refractivity (Wildman–Crippen MR) is 89.1 cm³/mol. The number of hydrogen-bond donors (Lipinski definition) is 1. The van der Waals surface area contributed by atoms with E-state index in [0.717, 1.165) is 13.1 Å². The zero-order valence-electron chi connectivity index (χ0n) is 13.9. The lowest BCUT2D eigenvalue weighted by atomic mass is 9.86. The van der Waals surface area contributed by atoms with Gasteiger partial charge in [-0.3, -0.25) is 4.90 Å². The first-order valence-electron chi connectivity index (χ1n) is 7.98. The van der Waals surface area contributed by atoms with E-state index in [-0.39, 0.29) is 5.41 Å². The van der Waals surface area contributed by atoms with Crippen LogP contribution in [-0.4, -0.2) is 24.5 Å². The van der Waals surface area contributed by atoms with Crippen molar-refractivity contribution in [3.8, 4) is 0 Å². The second kappa shape index (κ2) is 7.80. The van der Waals surface area contributed by atoms with Crippen LogP contribution in [-0.2, 0) is 5.41 Å². The lowest BCUT2D eigenvalue weighted by molar-refractivity contribution is 0.202. The Kier molecular flexibility index (Phi) is 6.70. The van der Waals surface area contributed by atoms with Crippen LogP contribution in [0, 0.1) is 0 Å². The molecular weight excluding hydrogens is 244 g/mol. The van der Waals surface area contributed by atoms with Crippen LogP contribution in [0.25, 0.3) is 0 Å². The third-order valence-corrected chi connectivity index (χ3v) is 3.85. The fraction of sp³-hybridized carbons (Fsp3) is 0.667. The monoisotopic (exact) mass is 276 g/mol. The van der Waals surface area contributed by atoms with Crippen LogP contribution in [0.3, 0.4) is 0 Å². The maximum atomic E-state index is 6.05. The van der Waals surface area contributed by atoms with E-state index in [4.69, 9.17) is 5.73 Å². The summed E-state index contributed by atoms with van der Waals surface area (Å²) in [5.41, 5.74) is 8.99. The highest BCUT2D eigenvalue weighted by molar-refractivity contribution is 5.29. The minimum atomic E-state index is 0.212. The van der Waals surface area contributed by atoms with Crippen LogP contribution in [0.2, 0.25) is 0 Å². The van der Waals surface area contributed by atoms with Gasteiger partial charge in [0, 0.05) is 12.6 Å². The van der Waals surface area contributed by atoms with E-state index >= 15 is 0 Å². The Morgan fingerprint density at radius 1 is 1.00 bits per heavy atom. The van der Waals surface area contributed by atoms with Gasteiger partial charge in [-0.05, 0) is 42.5 Å². The van der Waals surface area contributed by atoms with Gasteiger partial charge in [0.25, 0.3) is 0 Å². The molecule has 0 aliphatic rings. The second-order valence-corrected chi connectivity index (χ2v) is 6.66. The molecule has 0 heterocycles. The molecule has 0 aliphatic carbocycles. The van der Waals surface area contributed by atoms with E-state index < -0.39 is 0 Å². The molecule has 0 amide bonds. The molecule has 1 unspecified atom stereocenters. The Morgan fingerprint density at radius 2 is 1.50 bits per heavy atom. The smallest absolute Gasteiger partial charge is 0.0470 e. The molecule has 2 nitrogen and oxygen atoms in total. The maximum Gasteiger partial charge on any atom is 0.0470 e. The molecule has 1 aromatic carbocycles. The van der Waals surface area contributed by atoms with Crippen LogP contribution < -0.4 is 5.73 Å². The number of rotatable bonds is 7. The second-order valence-electron chi connectivity index (χ2n) is 6.66. The molecule has 1 rings (SSSR count). The van der Waals surface area contributed by atoms with E-state index in [1.807, 2.05) is 0 Å². The molecule has 1 atom stereocenters. The molecule has 0 bridgehead atoms. The van der Waals surface area contributed by atoms with Crippen molar-refractivity contribution in [3.63, 3.8) is 0 Å². The lowest BCUT2D eigenvalue weighted by Gasteiger charge is -2.31. The minimum absolute atomic E-state index is 0.212. The van der Waals surface area contributed by atoms with Gasteiger partial charge in [0.05, 0.1) is 0 Å². The summed E-state index contributed by atoms with van der Waals surface area (Å²) < 4.78 is 0. The Labute approximate surface area is 125 Å². The van der Waals surface area contributed by atoms with Gasteiger partial charge in [-0.1, -0.05) is 58.9 Å². The first-order chi connectivity index (χ1) is 9.43. The highest BCUT2D eigenvalue weighted by atomic mass is 15.2. The summed E-state index contributed by atoms with van der Waals surface area (Å²) >= 11 is 0. The lowest BCUT2D eigenvalue weighted by Crippen LogP contribution is -2.35. The van der Waals surface area contributed by atoms with Crippen molar-refractivity contribution in [1.29, 1.82) is 0 Å². The summed E-state index contributed by atoms with van der Waals surface area (Å²) in [6.45, 7) is 14.2. The van der Waals surface area contributed by atoms with Gasteiger partial charge in [0.1, 0.15) is 0 Å². The Bertz CT molecular complexity index is 369. The highest BCUT2D eigenvalue weighted by Gasteiger charge is 2.19. The molecule has 20 heavy (non-hydrogen) atoms. The van der Waals surface area contributed by atoms with E-state index in [2.05, 4.69) is 63.8 Å². The zero-order chi connectivity index (χ0) is 15.2. The molecule has 2 N–H and O–H groups in total. The molecule has 0 saturated carbocycles. The predicted octanol–water partition coefficient (Wildman–Crippen LogP) is 4.11. The van der Waals surface area contributed by atoms with E-state index in [9.17, 15) is 0 Å². The SMILES string of the molecule is CCCN(CCC)C(CN)c1ccc(C(C)(C)C)cc1. The highest BCUT2D eigenvalue weighted by Crippen LogP contribution is 2.26. The molecule has 0 aromatic heterocycles. The van der Waals surface area contributed by atoms with Gasteiger partial charge in [-0.25, -0.2) is 0 Å². The molecule has 0 aliphatic heterocycles. The van der Waals surface area contributed by atoms with Crippen molar-refractivity contribution in [2.45, 2.75) is 58.9 Å². The van der Waals surface area contributed by atoms with Gasteiger partial charge in [0.2, 0.25) is 0 Å². The molecule has 0 saturated heterocycles. The van der Waals surface area contributed by atoms with Gasteiger partial charge >= 0.3 is 0 Å². The van der Waals surface area contributed by atoms with Crippen molar-refractivity contribution in [3.05, 3.63) is 35.4 Å². The third kappa shape index (κ3) is 4.60. The summed E-state index contributed by atoms with van der Waals surface area (Å²) in [5.74, 6) is 0. The van der Waals surface area contributed by atoms with Gasteiger partial charge < -0.3 is 5.73 Å². The average molecular weight is 276 g/mol. The van der Waals surface area contributed by atoms with Crippen LogP contribution >= 0.6 is 0 Å². The van der Waals surface area contributed by atoms with Crippen molar-refractivity contribution < 1.29 is 0 Å². The summed E-state index contributed by atoms with van der Waals surface area (Å²) in [6, 6.07) is 9.39. The van der Waals surface area contributed by atoms with Gasteiger partial charge in [0.15, 0.2) is 0 Å². The summed E-state index contributed by atoms with van der Waals surface area (Å²) in [4.78, 5) is 2.52. The number of benzene rings is 1. The third-order valence-electron chi connectivity index (χ3n) is 3.85. The first-order valence-corrected chi connectivity index (χ1v) is 7.98. The molecule has 0 fully saturated rings. The Morgan fingerprint density at radius 3 is 1.85 bits per heavy atom. The topological polar surface area (TPSA) is 29.3 Å². The fourth-order valence-electron chi connectivity index (χ4n) is 2.70. The Balaban J connectivity index is 2.93. The summed E-state index contributed by atoms with van der Waals surface area (Å²) in [5, 5.41) is 0. The fourth-order valence-corrected chi connectivity index (χ4v) is 2.70. The van der Waals surface area contributed by atoms with Crippen molar-refractivity contribution in [1.82, 2.24) is 4.90 Å².